The van der Waals surface area contributed by atoms with Crippen LogP contribution >= 0.6 is 34.5 Å². The van der Waals surface area contributed by atoms with E-state index < -0.39 is 20.6 Å². The highest BCUT2D eigenvalue weighted by atomic mass is 35.5. The van der Waals surface area contributed by atoms with Gasteiger partial charge in [0.15, 0.2) is 4.34 Å². The lowest BCUT2D eigenvalue weighted by Crippen LogP contribution is -2.11. The third-order valence-electron chi connectivity index (χ3n) is 2.30. The van der Waals surface area contributed by atoms with Crippen LogP contribution in [0.15, 0.2) is 28.5 Å². The Labute approximate surface area is 132 Å². The molecule has 2 aromatic rings. The molecule has 0 aliphatic heterocycles. The highest BCUT2D eigenvalue weighted by Crippen LogP contribution is 2.37. The average molecular weight is 369 g/mol. The van der Waals surface area contributed by atoms with Gasteiger partial charge in [-0.05, 0) is 12.1 Å². The third kappa shape index (κ3) is 3.38. The topological polar surface area (TPSA) is 110 Å². The molecule has 7 nitrogen and oxygen atoms in total. The van der Waals surface area contributed by atoms with Crippen LogP contribution in [0, 0.1) is 10.1 Å². The Kier molecular flexibility index (Phi) is 4.28. The van der Waals surface area contributed by atoms with Gasteiger partial charge in [-0.2, -0.15) is 0 Å². The van der Waals surface area contributed by atoms with Crippen LogP contribution in [0.25, 0.3) is 0 Å². The Morgan fingerprint density at radius 3 is 2.48 bits per heavy atom. The van der Waals surface area contributed by atoms with Crippen molar-refractivity contribution in [1.82, 2.24) is 0 Å². The van der Waals surface area contributed by atoms with E-state index in [0.717, 1.165) is 12.1 Å². The number of halogens is 2. The molecule has 0 spiro atoms. The van der Waals surface area contributed by atoms with Gasteiger partial charge in [-0.15, -0.1) is 11.3 Å². The lowest BCUT2D eigenvalue weighted by atomic mass is 10.3. The summed E-state index contributed by atoms with van der Waals surface area (Å²) in [4.78, 5) is 9.90. The SMILES string of the molecule is O=[N+]([O-])c1cc(S(=O)(=O)Nc2ccc(O)cc2Cl)sc1Cl. The second-order valence-corrected chi connectivity index (χ2v) is 7.72. The van der Waals surface area contributed by atoms with Crippen LogP contribution in [0.2, 0.25) is 9.36 Å². The number of nitrogens with zero attached hydrogens (tertiary/aromatic N) is 1. The second-order valence-electron chi connectivity index (χ2n) is 3.75. The molecule has 11 heteroatoms. The highest BCUT2D eigenvalue weighted by Gasteiger charge is 2.25. The van der Waals surface area contributed by atoms with Gasteiger partial charge in [0.25, 0.3) is 15.7 Å². The maximum Gasteiger partial charge on any atom is 0.300 e. The van der Waals surface area contributed by atoms with Crippen molar-refractivity contribution in [3.8, 4) is 5.75 Å². The van der Waals surface area contributed by atoms with E-state index >= 15 is 0 Å². The number of hydrogen-bond donors (Lipinski definition) is 2. The molecule has 2 rings (SSSR count). The van der Waals surface area contributed by atoms with Crippen molar-refractivity contribution in [3.05, 3.63) is 43.7 Å². The maximum atomic E-state index is 12.1. The molecular formula is C10H6Cl2N2O5S2. The zero-order valence-electron chi connectivity index (χ0n) is 9.91. The van der Waals surface area contributed by atoms with Crippen LogP contribution in [0.4, 0.5) is 11.4 Å². The molecule has 1 aromatic carbocycles. The van der Waals surface area contributed by atoms with E-state index in [1.807, 2.05) is 0 Å². The van der Waals surface area contributed by atoms with Crippen molar-refractivity contribution in [3.63, 3.8) is 0 Å². The summed E-state index contributed by atoms with van der Waals surface area (Å²) in [6.07, 6.45) is 0. The number of thiophene rings is 1. The number of aromatic hydroxyl groups is 1. The van der Waals surface area contributed by atoms with E-state index in [2.05, 4.69) is 4.72 Å². The first-order valence-electron chi connectivity index (χ1n) is 5.16. The third-order valence-corrected chi connectivity index (χ3v) is 5.79. The molecule has 1 aromatic heterocycles. The monoisotopic (exact) mass is 368 g/mol. The minimum Gasteiger partial charge on any atom is -0.508 e. The standard InChI is InChI=1S/C10H6Cl2N2O5S2/c11-6-3-5(15)1-2-7(6)13-21(18,19)9-4-8(14(16)17)10(12)20-9/h1-4,13,15H. The van der Waals surface area contributed by atoms with Crippen LogP contribution in [-0.2, 0) is 10.0 Å². The summed E-state index contributed by atoms with van der Waals surface area (Å²) >= 11 is 12.0. The van der Waals surface area contributed by atoms with Crippen molar-refractivity contribution in [1.29, 1.82) is 0 Å². The number of nitrogens with one attached hydrogen (secondary N) is 1. The van der Waals surface area contributed by atoms with Crippen molar-refractivity contribution < 1.29 is 18.4 Å². The number of anilines is 1. The van der Waals surface area contributed by atoms with Gasteiger partial charge in [-0.1, -0.05) is 23.2 Å². The van der Waals surface area contributed by atoms with Gasteiger partial charge in [0, 0.05) is 12.1 Å². The molecule has 0 amide bonds. The maximum absolute atomic E-state index is 12.1. The smallest absolute Gasteiger partial charge is 0.300 e. The van der Waals surface area contributed by atoms with Crippen molar-refractivity contribution >= 4 is 55.9 Å². The minimum atomic E-state index is -4.07. The van der Waals surface area contributed by atoms with Gasteiger partial charge >= 0.3 is 0 Å². The van der Waals surface area contributed by atoms with Crippen molar-refractivity contribution in [2.24, 2.45) is 0 Å². The molecule has 0 fully saturated rings. The normalized spacial score (nSPS) is 11.3. The Morgan fingerprint density at radius 1 is 1.29 bits per heavy atom. The molecule has 1 heterocycles. The molecule has 0 aliphatic rings. The first-order valence-corrected chi connectivity index (χ1v) is 8.21. The summed E-state index contributed by atoms with van der Waals surface area (Å²) in [5.74, 6) is -0.127. The summed E-state index contributed by atoms with van der Waals surface area (Å²) in [6, 6.07) is 4.53. The molecule has 0 saturated carbocycles. The lowest BCUT2D eigenvalue weighted by molar-refractivity contribution is -0.384. The molecule has 0 aliphatic carbocycles. The molecule has 0 unspecified atom stereocenters. The van der Waals surface area contributed by atoms with Crippen molar-refractivity contribution in [2.45, 2.75) is 4.21 Å². The number of nitro groups is 1. The highest BCUT2D eigenvalue weighted by molar-refractivity contribution is 7.94. The molecular weight excluding hydrogens is 363 g/mol. The molecule has 0 saturated heterocycles. The van der Waals surface area contributed by atoms with Gasteiger partial charge in [0.2, 0.25) is 0 Å². The number of phenolic OH excluding ortho intramolecular Hbond substituents is 1. The zero-order valence-corrected chi connectivity index (χ0v) is 13.1. The Balaban J connectivity index is 2.38. The Hall–Kier alpha value is -1.55. The van der Waals surface area contributed by atoms with Crippen molar-refractivity contribution in [2.75, 3.05) is 4.72 Å². The van der Waals surface area contributed by atoms with Gasteiger partial charge in [0.1, 0.15) is 9.96 Å². The quantitative estimate of drug-likeness (QED) is 0.487. The number of rotatable bonds is 4. The first kappa shape index (κ1) is 15.8. The average Bonchev–Trinajstić information content (AvgIpc) is 2.76. The molecule has 112 valence electrons. The van der Waals surface area contributed by atoms with E-state index in [1.165, 1.54) is 12.1 Å². The molecule has 21 heavy (non-hydrogen) atoms. The van der Waals surface area contributed by atoms with Crippen LogP contribution in [-0.4, -0.2) is 18.4 Å². The fourth-order valence-corrected chi connectivity index (χ4v) is 4.40. The van der Waals surface area contributed by atoms with Crippen LogP contribution in [0.3, 0.4) is 0 Å². The van der Waals surface area contributed by atoms with Gasteiger partial charge in [0.05, 0.1) is 15.6 Å². The lowest BCUT2D eigenvalue weighted by Gasteiger charge is -2.07. The predicted molar refractivity (Wildman–Crippen MR) is 79.9 cm³/mol. The fourth-order valence-electron chi connectivity index (χ4n) is 1.38. The number of sulfonamides is 1. The summed E-state index contributed by atoms with van der Waals surface area (Å²) < 4.78 is 25.9. The van der Waals surface area contributed by atoms with Gasteiger partial charge in [-0.3, -0.25) is 14.8 Å². The van der Waals surface area contributed by atoms with E-state index in [1.54, 1.807) is 0 Å². The summed E-state index contributed by atoms with van der Waals surface area (Å²) in [6.45, 7) is 0. The van der Waals surface area contributed by atoms with E-state index in [0.29, 0.717) is 11.3 Å². The summed E-state index contributed by atoms with van der Waals surface area (Å²) in [7, 11) is -4.07. The predicted octanol–water partition coefficient (Wildman–Crippen LogP) is 3.47. The molecule has 0 radical (unpaired) electrons. The Bertz CT molecular complexity index is 819. The van der Waals surface area contributed by atoms with Crippen LogP contribution < -0.4 is 4.72 Å². The molecule has 0 bridgehead atoms. The van der Waals surface area contributed by atoms with Crippen LogP contribution in [0.1, 0.15) is 0 Å². The van der Waals surface area contributed by atoms with E-state index in [9.17, 15) is 23.6 Å². The number of phenols is 1. The number of hydrogen-bond acceptors (Lipinski definition) is 6. The van der Waals surface area contributed by atoms with Gasteiger partial charge < -0.3 is 5.11 Å². The Morgan fingerprint density at radius 2 is 1.95 bits per heavy atom. The largest absolute Gasteiger partial charge is 0.508 e. The second kappa shape index (κ2) is 5.68. The molecule has 2 N–H and O–H groups in total. The minimum absolute atomic E-state index is 0.0178. The van der Waals surface area contributed by atoms with Crippen LogP contribution in [0.5, 0.6) is 5.75 Å². The van der Waals surface area contributed by atoms with E-state index in [4.69, 9.17) is 23.2 Å². The summed E-state index contributed by atoms with van der Waals surface area (Å²) in [5, 5.41) is 19.9. The molecule has 0 atom stereocenters. The van der Waals surface area contributed by atoms with Gasteiger partial charge in [-0.25, -0.2) is 8.42 Å². The summed E-state index contributed by atoms with van der Waals surface area (Å²) in [5.41, 5.74) is -0.458. The number of benzene rings is 1. The first-order chi connectivity index (χ1) is 9.70. The fraction of sp³-hybridized carbons (Fsp3) is 0. The zero-order chi connectivity index (χ0) is 15.8. The van der Waals surface area contributed by atoms with E-state index in [-0.39, 0.29) is 25.0 Å².